The number of amides is 1. The molecule has 3 rings (SSSR count). The highest BCUT2D eigenvalue weighted by Crippen LogP contribution is 2.22. The lowest BCUT2D eigenvalue weighted by molar-refractivity contribution is 0.102. The van der Waals surface area contributed by atoms with Gasteiger partial charge >= 0.3 is 0 Å². The first-order chi connectivity index (χ1) is 12.0. The van der Waals surface area contributed by atoms with Crippen LogP contribution in [0.5, 0.6) is 5.75 Å². The van der Waals surface area contributed by atoms with E-state index in [2.05, 4.69) is 46.7 Å². The third-order valence-electron chi connectivity index (χ3n) is 3.83. The Hall–Kier alpha value is -2.73. The molecule has 0 aliphatic carbocycles. The maximum atomic E-state index is 12.4. The summed E-state index contributed by atoms with van der Waals surface area (Å²) in [6.07, 6.45) is 0.701. The standard InChI is InChI=1S/C19H19N3O2S/c1-12-4-7-14(8-5-12)10-17-21-22-19(25-17)20-18(23)15-9-6-13(2)16(11-15)24-3/h4-9,11H,10H2,1-3H3,(H,20,22,23). The summed E-state index contributed by atoms with van der Waals surface area (Å²) in [7, 11) is 1.59. The average molecular weight is 353 g/mol. The second-order valence-electron chi connectivity index (χ2n) is 5.80. The summed E-state index contributed by atoms with van der Waals surface area (Å²) in [5.41, 5.74) is 3.90. The van der Waals surface area contributed by atoms with Crippen LogP contribution in [0.2, 0.25) is 0 Å². The molecule has 3 aromatic rings. The number of hydrogen-bond acceptors (Lipinski definition) is 5. The topological polar surface area (TPSA) is 64.1 Å². The highest BCUT2D eigenvalue weighted by Gasteiger charge is 2.12. The second kappa shape index (κ2) is 7.44. The number of carbonyl (C=O) groups excluding carboxylic acids is 1. The summed E-state index contributed by atoms with van der Waals surface area (Å²) in [6.45, 7) is 3.99. The van der Waals surface area contributed by atoms with Crippen LogP contribution in [0.15, 0.2) is 42.5 Å². The summed E-state index contributed by atoms with van der Waals surface area (Å²) in [5.74, 6) is 0.460. The van der Waals surface area contributed by atoms with E-state index in [1.807, 2.05) is 13.0 Å². The van der Waals surface area contributed by atoms with Gasteiger partial charge in [-0.05, 0) is 37.1 Å². The molecule has 128 valence electrons. The van der Waals surface area contributed by atoms with E-state index in [1.54, 1.807) is 19.2 Å². The van der Waals surface area contributed by atoms with E-state index in [4.69, 9.17) is 4.74 Å². The first-order valence-corrected chi connectivity index (χ1v) is 8.70. The van der Waals surface area contributed by atoms with Crippen LogP contribution < -0.4 is 10.1 Å². The van der Waals surface area contributed by atoms with Crippen LogP contribution >= 0.6 is 11.3 Å². The minimum Gasteiger partial charge on any atom is -0.496 e. The number of aromatic nitrogens is 2. The Morgan fingerprint density at radius 1 is 1.12 bits per heavy atom. The Labute approximate surface area is 150 Å². The number of nitrogens with one attached hydrogen (secondary N) is 1. The molecule has 0 spiro atoms. The second-order valence-corrected chi connectivity index (χ2v) is 6.86. The van der Waals surface area contributed by atoms with Gasteiger partial charge in [0.05, 0.1) is 7.11 Å². The maximum absolute atomic E-state index is 12.4. The molecule has 1 N–H and O–H groups in total. The Bertz CT molecular complexity index is 888. The molecule has 6 heteroatoms. The van der Waals surface area contributed by atoms with Crippen LogP contribution in [0, 0.1) is 13.8 Å². The third-order valence-corrected chi connectivity index (χ3v) is 4.67. The van der Waals surface area contributed by atoms with Crippen molar-refractivity contribution in [2.75, 3.05) is 12.4 Å². The molecule has 1 aromatic heterocycles. The maximum Gasteiger partial charge on any atom is 0.257 e. The van der Waals surface area contributed by atoms with Crippen LogP contribution in [-0.2, 0) is 6.42 Å². The van der Waals surface area contributed by atoms with Gasteiger partial charge in [-0.2, -0.15) is 0 Å². The Morgan fingerprint density at radius 3 is 2.60 bits per heavy atom. The largest absolute Gasteiger partial charge is 0.496 e. The van der Waals surface area contributed by atoms with Crippen LogP contribution in [0.4, 0.5) is 5.13 Å². The Morgan fingerprint density at radius 2 is 1.88 bits per heavy atom. The van der Waals surface area contributed by atoms with Crippen molar-refractivity contribution in [2.45, 2.75) is 20.3 Å². The number of rotatable bonds is 5. The van der Waals surface area contributed by atoms with Crippen molar-refractivity contribution >= 4 is 22.4 Å². The van der Waals surface area contributed by atoms with Crippen molar-refractivity contribution in [2.24, 2.45) is 0 Å². The summed E-state index contributed by atoms with van der Waals surface area (Å²) in [6, 6.07) is 13.6. The van der Waals surface area contributed by atoms with Crippen molar-refractivity contribution < 1.29 is 9.53 Å². The SMILES string of the molecule is COc1cc(C(=O)Nc2nnc(Cc3ccc(C)cc3)s2)ccc1C. The number of ether oxygens (including phenoxy) is 1. The molecule has 25 heavy (non-hydrogen) atoms. The minimum atomic E-state index is -0.226. The normalized spacial score (nSPS) is 10.5. The van der Waals surface area contributed by atoms with E-state index in [9.17, 15) is 4.79 Å². The van der Waals surface area contributed by atoms with Gasteiger partial charge in [0.1, 0.15) is 10.8 Å². The van der Waals surface area contributed by atoms with Gasteiger partial charge in [-0.25, -0.2) is 0 Å². The lowest BCUT2D eigenvalue weighted by atomic mass is 10.1. The van der Waals surface area contributed by atoms with E-state index in [0.29, 0.717) is 22.9 Å². The van der Waals surface area contributed by atoms with E-state index in [-0.39, 0.29) is 5.91 Å². The molecule has 0 atom stereocenters. The van der Waals surface area contributed by atoms with Crippen LogP contribution in [0.25, 0.3) is 0 Å². The number of aryl methyl sites for hydroxylation is 2. The number of hydrogen-bond donors (Lipinski definition) is 1. The summed E-state index contributed by atoms with van der Waals surface area (Å²) in [5, 5.41) is 12.4. The molecule has 0 aliphatic rings. The smallest absolute Gasteiger partial charge is 0.257 e. The average Bonchev–Trinajstić information content (AvgIpc) is 3.04. The van der Waals surface area contributed by atoms with Crippen molar-refractivity contribution in [3.05, 3.63) is 69.7 Å². The van der Waals surface area contributed by atoms with Crippen LogP contribution in [0.1, 0.15) is 32.1 Å². The van der Waals surface area contributed by atoms with Gasteiger partial charge in [0, 0.05) is 12.0 Å². The van der Waals surface area contributed by atoms with Gasteiger partial charge in [-0.1, -0.05) is 47.2 Å². The zero-order valence-corrected chi connectivity index (χ0v) is 15.2. The van der Waals surface area contributed by atoms with Gasteiger partial charge in [-0.15, -0.1) is 10.2 Å². The molecular formula is C19H19N3O2S. The predicted octanol–water partition coefficient (Wildman–Crippen LogP) is 4.01. The first-order valence-electron chi connectivity index (χ1n) is 7.89. The molecule has 0 saturated heterocycles. The van der Waals surface area contributed by atoms with Crippen molar-refractivity contribution in [1.29, 1.82) is 0 Å². The Balaban J connectivity index is 1.68. The molecule has 2 aromatic carbocycles. The lowest BCUT2D eigenvalue weighted by Crippen LogP contribution is -2.12. The van der Waals surface area contributed by atoms with Crippen molar-refractivity contribution in [1.82, 2.24) is 10.2 Å². The fourth-order valence-electron chi connectivity index (χ4n) is 2.39. The number of carbonyl (C=O) groups is 1. The van der Waals surface area contributed by atoms with E-state index in [1.165, 1.54) is 22.5 Å². The zero-order valence-electron chi connectivity index (χ0n) is 14.4. The quantitative estimate of drug-likeness (QED) is 0.753. The van der Waals surface area contributed by atoms with Gasteiger partial charge in [0.25, 0.3) is 5.91 Å². The predicted molar refractivity (Wildman–Crippen MR) is 99.6 cm³/mol. The minimum absolute atomic E-state index is 0.226. The summed E-state index contributed by atoms with van der Waals surface area (Å²) in [4.78, 5) is 12.4. The molecule has 0 radical (unpaired) electrons. The monoisotopic (exact) mass is 353 g/mol. The van der Waals surface area contributed by atoms with E-state index >= 15 is 0 Å². The Kier molecular flexibility index (Phi) is 5.09. The van der Waals surface area contributed by atoms with Crippen LogP contribution in [-0.4, -0.2) is 23.2 Å². The molecule has 1 heterocycles. The molecule has 0 unspecified atom stereocenters. The van der Waals surface area contributed by atoms with E-state index < -0.39 is 0 Å². The molecule has 1 amide bonds. The molecular weight excluding hydrogens is 334 g/mol. The number of methoxy groups -OCH3 is 1. The first kappa shape index (κ1) is 17.1. The van der Waals surface area contributed by atoms with Gasteiger partial charge < -0.3 is 4.74 Å². The van der Waals surface area contributed by atoms with Crippen LogP contribution in [0.3, 0.4) is 0 Å². The zero-order chi connectivity index (χ0) is 17.8. The summed E-state index contributed by atoms with van der Waals surface area (Å²) >= 11 is 1.38. The van der Waals surface area contributed by atoms with Gasteiger partial charge in [0.2, 0.25) is 5.13 Å². The van der Waals surface area contributed by atoms with Crippen molar-refractivity contribution in [3.63, 3.8) is 0 Å². The lowest BCUT2D eigenvalue weighted by Gasteiger charge is -2.07. The third kappa shape index (κ3) is 4.22. The number of nitrogens with zero attached hydrogens (tertiary/aromatic N) is 2. The van der Waals surface area contributed by atoms with E-state index in [0.717, 1.165) is 10.6 Å². The molecule has 0 bridgehead atoms. The molecule has 0 saturated carbocycles. The fourth-order valence-corrected chi connectivity index (χ4v) is 3.16. The summed E-state index contributed by atoms with van der Waals surface area (Å²) < 4.78 is 5.26. The van der Waals surface area contributed by atoms with Crippen molar-refractivity contribution in [3.8, 4) is 5.75 Å². The highest BCUT2D eigenvalue weighted by molar-refractivity contribution is 7.15. The molecule has 0 aliphatic heterocycles. The fraction of sp³-hybridized carbons (Fsp3) is 0.211. The van der Waals surface area contributed by atoms with Gasteiger partial charge in [-0.3, -0.25) is 10.1 Å². The van der Waals surface area contributed by atoms with Gasteiger partial charge in [0.15, 0.2) is 0 Å². The number of benzene rings is 2. The highest BCUT2D eigenvalue weighted by atomic mass is 32.1. The molecule has 0 fully saturated rings. The number of anilines is 1. The molecule has 5 nitrogen and oxygen atoms in total.